The van der Waals surface area contributed by atoms with Gasteiger partial charge in [-0.05, 0) is 63.3 Å². The molecule has 0 saturated heterocycles. The number of nitriles is 1. The van der Waals surface area contributed by atoms with Gasteiger partial charge < -0.3 is 14.1 Å². The number of ether oxygens (including phenoxy) is 1. The number of aryl methyl sites for hydroxylation is 1. The van der Waals surface area contributed by atoms with Crippen molar-refractivity contribution in [3.63, 3.8) is 0 Å². The van der Waals surface area contributed by atoms with Crippen molar-refractivity contribution in [1.29, 1.82) is 5.26 Å². The highest BCUT2D eigenvalue weighted by Crippen LogP contribution is 2.34. The molecule has 0 saturated carbocycles. The van der Waals surface area contributed by atoms with Gasteiger partial charge in [0.15, 0.2) is 6.61 Å². The molecule has 4 rings (SSSR count). The molecule has 0 aliphatic heterocycles. The summed E-state index contributed by atoms with van der Waals surface area (Å²) in [7, 11) is 0. The SMILES string of the molecule is CCCCc1oc2ccccc2c1C(=O)N(CCCC)Cc1ccc2c(Br)c(OCC#N)ccc2c1. The number of furan rings is 1. The molecule has 0 fully saturated rings. The van der Waals surface area contributed by atoms with E-state index in [1.54, 1.807) is 0 Å². The summed E-state index contributed by atoms with van der Waals surface area (Å²) in [5.74, 6) is 1.46. The van der Waals surface area contributed by atoms with Gasteiger partial charge in [0, 0.05) is 24.9 Å². The van der Waals surface area contributed by atoms with E-state index in [-0.39, 0.29) is 12.5 Å². The van der Waals surface area contributed by atoms with Crippen molar-refractivity contribution < 1.29 is 13.9 Å². The van der Waals surface area contributed by atoms with Gasteiger partial charge in [-0.15, -0.1) is 0 Å². The van der Waals surface area contributed by atoms with Crippen LogP contribution in [0.3, 0.4) is 0 Å². The molecule has 0 bridgehead atoms. The summed E-state index contributed by atoms with van der Waals surface area (Å²) in [6.45, 7) is 5.49. The first-order valence-corrected chi connectivity index (χ1v) is 13.4. The summed E-state index contributed by atoms with van der Waals surface area (Å²) in [5, 5.41) is 11.8. The number of halogens is 1. The number of rotatable bonds is 11. The number of amides is 1. The Labute approximate surface area is 220 Å². The van der Waals surface area contributed by atoms with Crippen molar-refractivity contribution in [2.24, 2.45) is 0 Å². The number of benzene rings is 3. The maximum atomic E-state index is 14.0. The van der Waals surface area contributed by atoms with E-state index in [1.807, 2.05) is 53.4 Å². The van der Waals surface area contributed by atoms with E-state index in [4.69, 9.17) is 14.4 Å². The summed E-state index contributed by atoms with van der Waals surface area (Å²) in [4.78, 5) is 15.9. The molecule has 186 valence electrons. The minimum Gasteiger partial charge on any atom is -0.478 e. The molecule has 5 nitrogen and oxygen atoms in total. The van der Waals surface area contributed by atoms with Crippen LogP contribution in [0.5, 0.6) is 5.75 Å². The van der Waals surface area contributed by atoms with E-state index in [2.05, 4.69) is 41.9 Å². The predicted molar refractivity (Wildman–Crippen MR) is 147 cm³/mol. The molecule has 0 aliphatic carbocycles. The molecular formula is C30H31BrN2O3. The molecule has 1 aromatic heterocycles. The van der Waals surface area contributed by atoms with Crippen molar-refractivity contribution in [3.05, 3.63) is 76.0 Å². The number of carbonyl (C=O) groups is 1. The van der Waals surface area contributed by atoms with Crippen molar-refractivity contribution in [3.8, 4) is 11.8 Å². The zero-order valence-electron chi connectivity index (χ0n) is 20.9. The second-order valence-electron chi connectivity index (χ2n) is 8.96. The Kier molecular flexibility index (Phi) is 8.66. The van der Waals surface area contributed by atoms with Crippen LogP contribution in [0.4, 0.5) is 0 Å². The van der Waals surface area contributed by atoms with E-state index in [0.717, 1.165) is 69.6 Å². The lowest BCUT2D eigenvalue weighted by molar-refractivity contribution is 0.0740. The largest absolute Gasteiger partial charge is 0.478 e. The third-order valence-electron chi connectivity index (χ3n) is 6.36. The first-order valence-electron chi connectivity index (χ1n) is 12.6. The smallest absolute Gasteiger partial charge is 0.258 e. The molecule has 0 radical (unpaired) electrons. The van der Waals surface area contributed by atoms with Gasteiger partial charge in [0.1, 0.15) is 23.2 Å². The van der Waals surface area contributed by atoms with Gasteiger partial charge in [0.2, 0.25) is 0 Å². The third kappa shape index (κ3) is 5.57. The van der Waals surface area contributed by atoms with Gasteiger partial charge in [-0.25, -0.2) is 0 Å². The lowest BCUT2D eigenvalue weighted by Crippen LogP contribution is -2.32. The molecule has 0 atom stereocenters. The fourth-order valence-electron chi connectivity index (χ4n) is 4.47. The van der Waals surface area contributed by atoms with Crippen LogP contribution in [0.2, 0.25) is 0 Å². The van der Waals surface area contributed by atoms with E-state index < -0.39 is 0 Å². The zero-order chi connectivity index (χ0) is 25.5. The molecule has 1 amide bonds. The van der Waals surface area contributed by atoms with Crippen LogP contribution < -0.4 is 4.74 Å². The average Bonchev–Trinajstić information content (AvgIpc) is 3.27. The van der Waals surface area contributed by atoms with Crippen molar-refractivity contribution in [1.82, 2.24) is 4.90 Å². The van der Waals surface area contributed by atoms with Crippen LogP contribution in [0.25, 0.3) is 21.7 Å². The van der Waals surface area contributed by atoms with Gasteiger partial charge in [-0.1, -0.05) is 63.1 Å². The monoisotopic (exact) mass is 546 g/mol. The van der Waals surface area contributed by atoms with Crippen LogP contribution in [-0.4, -0.2) is 24.0 Å². The third-order valence-corrected chi connectivity index (χ3v) is 7.18. The minimum absolute atomic E-state index is 0.000368. The predicted octanol–water partition coefficient (Wildman–Crippen LogP) is 8.04. The highest BCUT2D eigenvalue weighted by molar-refractivity contribution is 9.10. The van der Waals surface area contributed by atoms with Crippen LogP contribution >= 0.6 is 15.9 Å². The molecule has 36 heavy (non-hydrogen) atoms. The van der Waals surface area contributed by atoms with Gasteiger partial charge in [0.25, 0.3) is 5.91 Å². The number of fused-ring (bicyclic) bond motifs is 2. The summed E-state index contributed by atoms with van der Waals surface area (Å²) < 4.78 is 12.5. The van der Waals surface area contributed by atoms with Gasteiger partial charge in [-0.2, -0.15) is 5.26 Å². The van der Waals surface area contributed by atoms with Gasteiger partial charge in [0.05, 0.1) is 10.0 Å². The fraction of sp³-hybridized carbons (Fsp3) is 0.333. The minimum atomic E-state index is -0.000368. The topological polar surface area (TPSA) is 66.5 Å². The van der Waals surface area contributed by atoms with Gasteiger partial charge >= 0.3 is 0 Å². The molecular weight excluding hydrogens is 516 g/mol. The quantitative estimate of drug-likeness (QED) is 0.191. The number of hydrogen-bond acceptors (Lipinski definition) is 4. The molecule has 6 heteroatoms. The standard InChI is InChI=1S/C30H31BrN2O3/c1-3-5-10-26-28(24-9-7-8-11-25(24)36-26)30(34)33(17-6-4-2)20-21-12-14-23-22(19-21)13-15-27(29(23)31)35-18-16-32/h7-9,11-15,19H,3-6,10,17-18,20H2,1-2H3. The van der Waals surface area contributed by atoms with Gasteiger partial charge in [-0.3, -0.25) is 4.79 Å². The Balaban J connectivity index is 1.66. The van der Waals surface area contributed by atoms with Crippen LogP contribution in [0.15, 0.2) is 63.5 Å². The van der Waals surface area contributed by atoms with E-state index >= 15 is 0 Å². The highest BCUT2D eigenvalue weighted by Gasteiger charge is 2.25. The Morgan fingerprint density at radius 3 is 2.64 bits per heavy atom. The number of nitrogens with zero attached hydrogens (tertiary/aromatic N) is 2. The summed E-state index contributed by atoms with van der Waals surface area (Å²) in [5.41, 5.74) is 2.54. The van der Waals surface area contributed by atoms with Crippen LogP contribution in [0.1, 0.15) is 61.2 Å². The fourth-order valence-corrected chi connectivity index (χ4v) is 5.07. The molecule has 4 aromatic rings. The summed E-state index contributed by atoms with van der Waals surface area (Å²) >= 11 is 3.61. The normalized spacial score (nSPS) is 11.1. The Morgan fingerprint density at radius 1 is 1.06 bits per heavy atom. The van der Waals surface area contributed by atoms with E-state index in [1.165, 1.54) is 0 Å². The number of unbranched alkanes of at least 4 members (excludes halogenated alkanes) is 2. The summed E-state index contributed by atoms with van der Waals surface area (Å²) in [6.07, 6.45) is 4.72. The molecule has 3 aromatic carbocycles. The molecule has 0 unspecified atom stereocenters. The maximum Gasteiger partial charge on any atom is 0.258 e. The average molecular weight is 547 g/mol. The Hall–Kier alpha value is -3.30. The number of para-hydroxylation sites is 1. The van der Waals surface area contributed by atoms with Crippen LogP contribution in [-0.2, 0) is 13.0 Å². The van der Waals surface area contributed by atoms with E-state index in [0.29, 0.717) is 24.4 Å². The van der Waals surface area contributed by atoms with Crippen molar-refractivity contribution in [2.75, 3.05) is 13.2 Å². The number of carbonyl (C=O) groups excluding carboxylic acids is 1. The van der Waals surface area contributed by atoms with Crippen molar-refractivity contribution in [2.45, 2.75) is 52.5 Å². The summed E-state index contributed by atoms with van der Waals surface area (Å²) in [6, 6.07) is 19.9. The first kappa shape index (κ1) is 25.8. The molecule has 0 spiro atoms. The maximum absolute atomic E-state index is 14.0. The molecule has 0 aliphatic rings. The Morgan fingerprint density at radius 2 is 1.86 bits per heavy atom. The second-order valence-corrected chi connectivity index (χ2v) is 9.75. The van der Waals surface area contributed by atoms with Crippen LogP contribution in [0, 0.1) is 11.3 Å². The molecule has 1 heterocycles. The second kappa shape index (κ2) is 12.1. The Bertz CT molecular complexity index is 1400. The van der Waals surface area contributed by atoms with E-state index in [9.17, 15) is 4.79 Å². The highest BCUT2D eigenvalue weighted by atomic mass is 79.9. The van der Waals surface area contributed by atoms with Crippen molar-refractivity contribution >= 4 is 43.6 Å². The lowest BCUT2D eigenvalue weighted by Gasteiger charge is -2.23. The number of hydrogen-bond donors (Lipinski definition) is 0. The lowest BCUT2D eigenvalue weighted by atomic mass is 10.0. The first-order chi connectivity index (χ1) is 17.6. The molecule has 0 N–H and O–H groups in total. The zero-order valence-corrected chi connectivity index (χ0v) is 22.4.